The Balaban J connectivity index is 2.20. The van der Waals surface area contributed by atoms with Gasteiger partial charge in [0.15, 0.2) is 0 Å². The van der Waals surface area contributed by atoms with Gasteiger partial charge in [-0.25, -0.2) is 0 Å². The predicted molar refractivity (Wildman–Crippen MR) is 70.1 cm³/mol. The largest absolute Gasteiger partial charge is 0.499 e. The van der Waals surface area contributed by atoms with Gasteiger partial charge in [0.25, 0.3) is 0 Å². The molecule has 0 amide bonds. The highest BCUT2D eigenvalue weighted by molar-refractivity contribution is 9.09. The average molecular weight is 291 g/mol. The Morgan fingerprint density at radius 2 is 1.87 bits per heavy atom. The highest BCUT2D eigenvalue weighted by Crippen LogP contribution is 2.12. The van der Waals surface area contributed by atoms with Gasteiger partial charge >= 0.3 is 7.12 Å². The summed E-state index contributed by atoms with van der Waals surface area (Å²) in [7, 11) is -1.31. The molecule has 0 aliphatic heterocycles. The Bertz CT molecular complexity index is 278. The zero-order valence-corrected chi connectivity index (χ0v) is 11.1. The van der Waals surface area contributed by atoms with E-state index < -0.39 is 7.12 Å². The maximum Gasteiger partial charge on any atom is 0.499 e. The molecule has 84 valence electrons. The molecule has 1 aromatic heterocycles. The lowest BCUT2D eigenvalue weighted by Crippen LogP contribution is -2.26. The van der Waals surface area contributed by atoms with Crippen LogP contribution in [0, 0.1) is 0 Å². The van der Waals surface area contributed by atoms with Gasteiger partial charge in [-0.1, -0.05) is 34.8 Å². The van der Waals surface area contributed by atoms with Crippen LogP contribution in [0.2, 0.25) is 0 Å². The van der Waals surface area contributed by atoms with Crippen LogP contribution in [0.4, 0.5) is 0 Å². The third-order valence-electron chi connectivity index (χ3n) is 2.24. The minimum atomic E-state index is -1.31. The third-order valence-corrected chi connectivity index (χ3v) is 3.99. The van der Waals surface area contributed by atoms with Gasteiger partial charge in [0, 0.05) is 15.0 Å². The van der Waals surface area contributed by atoms with Crippen molar-refractivity contribution in [3.8, 4) is 0 Å². The van der Waals surface area contributed by atoms with Crippen molar-refractivity contribution in [2.75, 3.05) is 5.33 Å². The molecule has 2 nitrogen and oxygen atoms in total. The van der Waals surface area contributed by atoms with Gasteiger partial charge in [-0.05, 0) is 25.3 Å². The second-order valence-electron chi connectivity index (χ2n) is 3.53. The van der Waals surface area contributed by atoms with Crippen molar-refractivity contribution in [3.63, 3.8) is 0 Å². The smallest absolute Gasteiger partial charge is 0.423 e. The van der Waals surface area contributed by atoms with E-state index in [9.17, 15) is 0 Å². The fraction of sp³-hybridized carbons (Fsp3) is 0.600. The number of hydrogen-bond donors (Lipinski definition) is 2. The summed E-state index contributed by atoms with van der Waals surface area (Å²) in [4.78, 5) is 1.25. The summed E-state index contributed by atoms with van der Waals surface area (Å²) in [6.07, 6.45) is 6.01. The van der Waals surface area contributed by atoms with Gasteiger partial charge in [0.1, 0.15) is 0 Å². The Morgan fingerprint density at radius 3 is 2.47 bits per heavy atom. The lowest BCUT2D eigenvalue weighted by molar-refractivity contribution is 0.427. The van der Waals surface area contributed by atoms with E-state index in [0.717, 1.165) is 11.8 Å². The van der Waals surface area contributed by atoms with Crippen LogP contribution in [0.3, 0.4) is 0 Å². The van der Waals surface area contributed by atoms with Crippen molar-refractivity contribution in [3.05, 3.63) is 17.0 Å². The molecule has 0 spiro atoms. The zero-order valence-electron chi connectivity index (χ0n) is 8.66. The quantitative estimate of drug-likeness (QED) is 0.458. The standard InChI is InChI=1S/C10H16BBrO2S/c12-8-4-2-1-3-5-9-6-7-10(15-9)11(13)14/h6-7,13-14H,1-5,8H2. The van der Waals surface area contributed by atoms with E-state index in [0.29, 0.717) is 4.78 Å². The first-order valence-corrected chi connectivity index (χ1v) is 7.18. The molecule has 0 saturated heterocycles. The van der Waals surface area contributed by atoms with Gasteiger partial charge in [0.2, 0.25) is 0 Å². The minimum Gasteiger partial charge on any atom is -0.423 e. The van der Waals surface area contributed by atoms with Crippen molar-refractivity contribution in [2.45, 2.75) is 32.1 Å². The first kappa shape index (κ1) is 13.2. The van der Waals surface area contributed by atoms with Crippen molar-refractivity contribution in [1.82, 2.24) is 0 Å². The summed E-state index contributed by atoms with van der Waals surface area (Å²) >= 11 is 4.91. The van der Waals surface area contributed by atoms with E-state index in [1.807, 2.05) is 6.07 Å². The fourth-order valence-corrected chi connectivity index (χ4v) is 2.74. The van der Waals surface area contributed by atoms with Gasteiger partial charge in [-0.15, -0.1) is 11.3 Å². The van der Waals surface area contributed by atoms with E-state index in [1.54, 1.807) is 6.07 Å². The SMILES string of the molecule is OB(O)c1ccc(CCCCCCBr)s1. The number of rotatable bonds is 7. The van der Waals surface area contributed by atoms with Crippen molar-refractivity contribution in [2.24, 2.45) is 0 Å². The van der Waals surface area contributed by atoms with Crippen LogP contribution in [0.15, 0.2) is 12.1 Å². The third kappa shape index (κ3) is 5.16. The van der Waals surface area contributed by atoms with E-state index in [4.69, 9.17) is 10.0 Å². The molecular formula is C10H16BBrO2S. The number of alkyl halides is 1. The molecule has 0 bridgehead atoms. The summed E-state index contributed by atoms with van der Waals surface area (Å²) in [6, 6.07) is 3.78. The first-order chi connectivity index (χ1) is 7.24. The Morgan fingerprint density at radius 1 is 1.13 bits per heavy atom. The monoisotopic (exact) mass is 290 g/mol. The van der Waals surface area contributed by atoms with Crippen LogP contribution in [0.25, 0.3) is 0 Å². The molecule has 0 aliphatic rings. The first-order valence-electron chi connectivity index (χ1n) is 5.24. The summed E-state index contributed by atoms with van der Waals surface area (Å²) < 4.78 is 0.644. The molecule has 0 aromatic carbocycles. The van der Waals surface area contributed by atoms with Crippen LogP contribution >= 0.6 is 27.3 Å². The highest BCUT2D eigenvalue weighted by Gasteiger charge is 2.13. The molecule has 0 atom stereocenters. The van der Waals surface area contributed by atoms with Gasteiger partial charge in [0.05, 0.1) is 0 Å². The van der Waals surface area contributed by atoms with Crippen molar-refractivity contribution in [1.29, 1.82) is 0 Å². The average Bonchev–Trinajstić information content (AvgIpc) is 2.66. The van der Waals surface area contributed by atoms with Gasteiger partial charge < -0.3 is 10.0 Å². The minimum absolute atomic E-state index is 0.644. The molecule has 5 heteroatoms. The molecule has 1 aromatic rings. The topological polar surface area (TPSA) is 40.5 Å². The summed E-state index contributed by atoms with van der Waals surface area (Å²) in [5.74, 6) is 0. The summed E-state index contributed by atoms with van der Waals surface area (Å²) in [5, 5.41) is 19.0. The Hall–Kier alpha value is 0.165. The van der Waals surface area contributed by atoms with Crippen LogP contribution in [-0.4, -0.2) is 22.5 Å². The van der Waals surface area contributed by atoms with Crippen LogP contribution in [0.5, 0.6) is 0 Å². The second-order valence-corrected chi connectivity index (χ2v) is 5.52. The van der Waals surface area contributed by atoms with E-state index in [1.165, 1.54) is 41.9 Å². The molecule has 0 radical (unpaired) electrons. The maximum absolute atomic E-state index is 8.94. The van der Waals surface area contributed by atoms with Crippen molar-refractivity contribution >= 4 is 39.2 Å². The molecule has 1 heterocycles. The second kappa shape index (κ2) is 7.44. The molecule has 0 unspecified atom stereocenters. The van der Waals surface area contributed by atoms with Crippen molar-refractivity contribution < 1.29 is 10.0 Å². The predicted octanol–water partition coefficient (Wildman–Crippen LogP) is 1.93. The molecule has 1 rings (SSSR count). The molecule has 2 N–H and O–H groups in total. The number of unbranched alkanes of at least 4 members (excludes halogenated alkanes) is 3. The zero-order chi connectivity index (χ0) is 11.1. The van der Waals surface area contributed by atoms with Crippen LogP contribution < -0.4 is 4.78 Å². The van der Waals surface area contributed by atoms with Crippen LogP contribution in [-0.2, 0) is 6.42 Å². The molecule has 0 saturated carbocycles. The summed E-state index contributed by atoms with van der Waals surface area (Å²) in [5.41, 5.74) is 0. The van der Waals surface area contributed by atoms with E-state index >= 15 is 0 Å². The molecule has 15 heavy (non-hydrogen) atoms. The number of hydrogen-bond acceptors (Lipinski definition) is 3. The lowest BCUT2D eigenvalue weighted by atomic mass is 9.90. The molecular weight excluding hydrogens is 275 g/mol. The Kier molecular flexibility index (Phi) is 6.56. The van der Waals surface area contributed by atoms with E-state index in [2.05, 4.69) is 15.9 Å². The molecule has 0 fully saturated rings. The van der Waals surface area contributed by atoms with Gasteiger partial charge in [-0.3, -0.25) is 0 Å². The van der Waals surface area contributed by atoms with Crippen LogP contribution in [0.1, 0.15) is 30.6 Å². The fourth-order valence-electron chi connectivity index (χ4n) is 1.41. The number of thiophene rings is 1. The number of aryl methyl sites for hydroxylation is 1. The summed E-state index contributed by atoms with van der Waals surface area (Å²) in [6.45, 7) is 0. The highest BCUT2D eigenvalue weighted by atomic mass is 79.9. The van der Waals surface area contributed by atoms with E-state index in [-0.39, 0.29) is 0 Å². The normalized spacial score (nSPS) is 10.6. The van der Waals surface area contributed by atoms with Gasteiger partial charge in [-0.2, -0.15) is 0 Å². The number of halogens is 1. The lowest BCUT2D eigenvalue weighted by Gasteiger charge is -1.97. The molecule has 0 aliphatic carbocycles. The maximum atomic E-state index is 8.94. The Labute approximate surface area is 104 Å².